The Balaban J connectivity index is 1.10. The van der Waals surface area contributed by atoms with Crippen molar-refractivity contribution in [3.63, 3.8) is 0 Å². The highest BCUT2D eigenvalue weighted by Gasteiger charge is 2.56. The minimum atomic E-state index is -5.00. The molecule has 6 rings (SSSR count). The van der Waals surface area contributed by atoms with Gasteiger partial charge in [0.1, 0.15) is 29.1 Å². The molecular formula is C51H62F7N9O6. The number of alkyl halides is 5. The second kappa shape index (κ2) is 23.6. The van der Waals surface area contributed by atoms with Crippen molar-refractivity contribution < 1.29 is 59.7 Å². The fraction of sp³-hybridized carbons (Fsp3) is 0.510. The molecule has 1 aromatic heterocycles. The number of halogens is 7. The van der Waals surface area contributed by atoms with E-state index in [0.717, 1.165) is 63.7 Å². The van der Waals surface area contributed by atoms with Crippen LogP contribution < -0.4 is 26.6 Å². The Morgan fingerprint density at radius 3 is 2.10 bits per heavy atom. The van der Waals surface area contributed by atoms with Crippen molar-refractivity contribution >= 4 is 35.7 Å². The predicted molar refractivity (Wildman–Crippen MR) is 259 cm³/mol. The molecule has 5 atom stereocenters. The van der Waals surface area contributed by atoms with Gasteiger partial charge in [0, 0.05) is 105 Å². The second-order valence-electron chi connectivity index (χ2n) is 20.0. The van der Waals surface area contributed by atoms with Crippen LogP contribution in [0.1, 0.15) is 75.3 Å². The van der Waals surface area contributed by atoms with E-state index in [1.54, 1.807) is 35.4 Å². The summed E-state index contributed by atoms with van der Waals surface area (Å²) in [6, 6.07) is 9.39. The average molecular weight is 1030 g/mol. The smallest absolute Gasteiger partial charge is 0.410 e. The molecular weight excluding hydrogens is 968 g/mol. The molecule has 4 heterocycles. The molecule has 3 saturated heterocycles. The first-order valence-electron chi connectivity index (χ1n) is 23.7. The fourth-order valence-electron chi connectivity index (χ4n) is 8.94. The number of aliphatic hydroxyl groups is 1. The molecule has 0 saturated carbocycles. The number of likely N-dealkylation sites (tertiary alicyclic amines) is 1. The SMILES string of the molecule is COC(=O)N[C@H](C(=O)N[C@@H](Cc1ccc(C#Cc2ccc(N3CC4CCC(C3)N4CC3CN(C(=O)OC(C)(C)C)C3)nc2)cc1)[C@@H](O)CNCc1c(F)cc(C(C=NC(F)F)=CN)cc1F)C(C)(C)C(F)(F)F. The maximum Gasteiger partial charge on any atom is 0.410 e. The number of rotatable bonds is 17. The zero-order valence-electron chi connectivity index (χ0n) is 41.4. The molecule has 3 aromatic rings. The van der Waals surface area contributed by atoms with Gasteiger partial charge in [0.15, 0.2) is 0 Å². The Morgan fingerprint density at radius 2 is 1.55 bits per heavy atom. The van der Waals surface area contributed by atoms with Gasteiger partial charge in [-0.2, -0.15) is 22.0 Å². The van der Waals surface area contributed by atoms with E-state index in [1.807, 2.05) is 38.2 Å². The number of alkyl carbamates (subject to hydrolysis) is 1. The topological polar surface area (TPSA) is 187 Å². The molecule has 396 valence electrons. The Kier molecular flexibility index (Phi) is 18.1. The molecule has 73 heavy (non-hydrogen) atoms. The zero-order chi connectivity index (χ0) is 53.4. The summed E-state index contributed by atoms with van der Waals surface area (Å²) in [4.78, 5) is 52.5. The number of nitrogens with zero attached hydrogens (tertiary/aromatic N) is 5. The number of carbonyl (C=O) groups excluding carboxylic acids is 3. The Hall–Kier alpha value is -6.44. The van der Waals surface area contributed by atoms with Crippen molar-refractivity contribution in [1.82, 2.24) is 30.7 Å². The van der Waals surface area contributed by atoms with Crippen LogP contribution in [0.3, 0.4) is 0 Å². The number of hydrogen-bond acceptors (Lipinski definition) is 12. The van der Waals surface area contributed by atoms with Crippen molar-refractivity contribution in [2.24, 2.45) is 22.1 Å². The summed E-state index contributed by atoms with van der Waals surface area (Å²) in [7, 11) is 0.910. The number of fused-ring (bicyclic) bond motifs is 2. The summed E-state index contributed by atoms with van der Waals surface area (Å²) < 4.78 is 108. The minimum Gasteiger partial charge on any atom is -0.453 e. The maximum atomic E-state index is 15.2. The highest BCUT2D eigenvalue weighted by Crippen LogP contribution is 2.41. The van der Waals surface area contributed by atoms with Crippen LogP contribution in [0.4, 0.5) is 46.1 Å². The third-order valence-electron chi connectivity index (χ3n) is 13.1. The van der Waals surface area contributed by atoms with Crippen LogP contribution in [0.5, 0.6) is 0 Å². The highest BCUT2D eigenvalue weighted by atomic mass is 19.4. The van der Waals surface area contributed by atoms with Crippen LogP contribution in [0, 0.1) is 34.8 Å². The number of allylic oxidation sites excluding steroid dienone is 1. The Labute approximate surface area is 419 Å². The molecule has 0 aliphatic carbocycles. The molecule has 6 N–H and O–H groups in total. The lowest BCUT2D eigenvalue weighted by Gasteiger charge is -2.46. The number of aliphatic hydroxyl groups excluding tert-OH is 1. The molecule has 3 aliphatic rings. The number of ether oxygens (including phenoxy) is 2. The number of carbonyl (C=O) groups is 3. The van der Waals surface area contributed by atoms with E-state index in [2.05, 4.69) is 42.0 Å². The van der Waals surface area contributed by atoms with Crippen LogP contribution in [0.15, 0.2) is 65.9 Å². The van der Waals surface area contributed by atoms with Gasteiger partial charge >= 0.3 is 24.9 Å². The van der Waals surface area contributed by atoms with Crippen molar-refractivity contribution in [2.75, 3.05) is 51.3 Å². The molecule has 2 bridgehead atoms. The fourth-order valence-corrected chi connectivity index (χ4v) is 8.94. The first-order valence-corrected chi connectivity index (χ1v) is 23.7. The lowest BCUT2D eigenvalue weighted by atomic mass is 9.82. The molecule has 0 spiro atoms. The zero-order valence-corrected chi connectivity index (χ0v) is 41.4. The van der Waals surface area contributed by atoms with Gasteiger partial charge in [-0.1, -0.05) is 24.0 Å². The number of nitrogens with one attached hydrogen (secondary N) is 3. The van der Waals surface area contributed by atoms with Gasteiger partial charge in [0.05, 0.1) is 24.7 Å². The van der Waals surface area contributed by atoms with Crippen LogP contribution in [-0.2, 0) is 27.2 Å². The molecule has 3 fully saturated rings. The maximum absolute atomic E-state index is 15.2. The number of piperazine rings is 1. The first kappa shape index (κ1) is 55.9. The normalized spacial score (nSPS) is 19.0. The lowest BCUT2D eigenvalue weighted by molar-refractivity contribution is -0.220. The van der Waals surface area contributed by atoms with Gasteiger partial charge in [0.25, 0.3) is 0 Å². The van der Waals surface area contributed by atoms with E-state index < -0.39 is 84.2 Å². The molecule has 2 unspecified atom stereocenters. The molecule has 0 radical (unpaired) electrons. The van der Waals surface area contributed by atoms with E-state index >= 15 is 8.78 Å². The number of hydrogen-bond donors (Lipinski definition) is 5. The van der Waals surface area contributed by atoms with Gasteiger partial charge in [0.2, 0.25) is 5.91 Å². The van der Waals surface area contributed by atoms with Gasteiger partial charge in [-0.15, -0.1) is 0 Å². The third kappa shape index (κ3) is 14.6. The van der Waals surface area contributed by atoms with E-state index in [1.165, 1.54) is 0 Å². The number of methoxy groups -OCH3 is 1. The summed E-state index contributed by atoms with van der Waals surface area (Å²) in [6.07, 6.45) is -2.94. The Morgan fingerprint density at radius 1 is 0.932 bits per heavy atom. The van der Waals surface area contributed by atoms with E-state index in [0.29, 0.717) is 67.8 Å². The number of anilines is 1. The van der Waals surface area contributed by atoms with Crippen molar-refractivity contribution in [3.8, 4) is 11.8 Å². The van der Waals surface area contributed by atoms with Gasteiger partial charge < -0.3 is 46.1 Å². The Bertz CT molecular complexity index is 2500. The number of aromatic nitrogens is 1. The molecule has 3 amide bonds. The van der Waals surface area contributed by atoms with E-state index in [4.69, 9.17) is 15.5 Å². The minimum absolute atomic E-state index is 0.167. The van der Waals surface area contributed by atoms with Crippen LogP contribution in [-0.4, -0.2) is 139 Å². The van der Waals surface area contributed by atoms with Crippen LogP contribution >= 0.6 is 0 Å². The third-order valence-corrected chi connectivity index (χ3v) is 13.1. The molecule has 22 heteroatoms. The lowest BCUT2D eigenvalue weighted by Crippen LogP contribution is -2.62. The summed E-state index contributed by atoms with van der Waals surface area (Å²) in [5.74, 6) is 3.95. The average Bonchev–Trinajstić information content (AvgIpc) is 3.53. The number of aliphatic imine (C=N–C) groups is 1. The molecule has 15 nitrogen and oxygen atoms in total. The molecule has 3 aliphatic heterocycles. The van der Waals surface area contributed by atoms with Gasteiger partial charge in [-0.25, -0.2) is 28.3 Å². The predicted octanol–water partition coefficient (Wildman–Crippen LogP) is 6.36. The molecule has 2 aromatic carbocycles. The quantitative estimate of drug-likeness (QED) is 0.0439. The monoisotopic (exact) mass is 1030 g/mol. The summed E-state index contributed by atoms with van der Waals surface area (Å²) in [5, 5.41) is 18.5. The van der Waals surface area contributed by atoms with Crippen molar-refractivity contribution in [2.45, 2.75) is 109 Å². The van der Waals surface area contributed by atoms with Gasteiger partial charge in [-0.3, -0.25) is 9.69 Å². The second-order valence-corrected chi connectivity index (χ2v) is 20.0. The van der Waals surface area contributed by atoms with Crippen molar-refractivity contribution in [1.29, 1.82) is 0 Å². The highest BCUT2D eigenvalue weighted by molar-refractivity contribution is 6.09. The van der Waals surface area contributed by atoms with E-state index in [9.17, 15) is 41.4 Å². The largest absolute Gasteiger partial charge is 0.453 e. The first-order chi connectivity index (χ1) is 34.3. The summed E-state index contributed by atoms with van der Waals surface area (Å²) in [6.45, 7) is 6.95. The standard InChI is InChI=1S/C51H62F7N9O6/c1-49(2,3)73-48(71)66-25-33(26-66)27-67-36-14-15-37(67)29-65(28-36)43-16-13-32(21-61-43)12-9-30-7-10-31(11-8-30)17-41(63-45(69)44(64-47(70)72-6)50(4,5)51(56,57)58)42(68)24-60-23-38-39(52)18-34(19-40(38)53)35(20-59)22-62-46(54)55/h7-8,10-11,13,16,18-22,33,36-37,41-42,44,46,60,68H,14-15,17,23-29,59H2,1-6H3,(H,63,69)(H,64,70)/t36?,37?,41-,42-,44+/m0/s1. The van der Waals surface area contributed by atoms with Crippen LogP contribution in [0.25, 0.3) is 5.57 Å². The number of amides is 3. The number of pyridine rings is 1. The van der Waals surface area contributed by atoms with Gasteiger partial charge in [-0.05, 0) is 101 Å². The summed E-state index contributed by atoms with van der Waals surface area (Å²) >= 11 is 0. The van der Waals surface area contributed by atoms with Crippen molar-refractivity contribution in [3.05, 3.63) is 100 Å². The number of nitrogens with two attached hydrogens (primary N) is 1. The van der Waals surface area contributed by atoms with E-state index in [-0.39, 0.29) is 23.7 Å². The number of benzene rings is 2. The summed E-state index contributed by atoms with van der Waals surface area (Å²) in [5.41, 5.74) is 2.97. The van der Waals surface area contributed by atoms with Crippen LogP contribution in [0.2, 0.25) is 0 Å².